The van der Waals surface area contributed by atoms with Crippen molar-refractivity contribution < 1.29 is 9.53 Å². The van der Waals surface area contributed by atoms with Gasteiger partial charge in [0.05, 0.1) is 11.5 Å². The van der Waals surface area contributed by atoms with E-state index in [1.807, 2.05) is 13.8 Å². The summed E-state index contributed by atoms with van der Waals surface area (Å²) in [4.78, 5) is 13.7. The zero-order valence-corrected chi connectivity index (χ0v) is 9.75. The maximum atomic E-state index is 11.5. The van der Waals surface area contributed by atoms with Gasteiger partial charge < -0.3 is 4.74 Å². The van der Waals surface area contributed by atoms with E-state index in [9.17, 15) is 4.79 Å². The average Bonchev–Trinajstić information content (AvgIpc) is 2.63. The molecule has 0 aliphatic carbocycles. The fraction of sp³-hybridized carbons (Fsp3) is 0.900. The highest BCUT2D eigenvalue weighted by atomic mass is 16.5. The van der Waals surface area contributed by atoms with Crippen LogP contribution in [0, 0.1) is 5.41 Å². The van der Waals surface area contributed by atoms with E-state index in [-0.39, 0.29) is 5.91 Å². The molecule has 0 spiro atoms. The molecule has 1 heterocycles. The second-order valence-corrected chi connectivity index (χ2v) is 4.74. The number of hydrogen-bond donors (Lipinski definition) is 2. The number of carbonyl (C=O) groups is 1. The lowest BCUT2D eigenvalue weighted by atomic mass is 9.92. The number of hydrogen-bond acceptors (Lipinski definition) is 4. The van der Waals surface area contributed by atoms with E-state index in [0.29, 0.717) is 6.10 Å². The number of nitrogens with two attached hydrogens (primary N) is 1. The Labute approximate surface area is 90.9 Å². The van der Waals surface area contributed by atoms with E-state index in [0.717, 1.165) is 26.1 Å². The molecule has 0 radical (unpaired) electrons. The molecule has 0 aromatic carbocycles. The molecule has 1 unspecified atom stereocenters. The van der Waals surface area contributed by atoms with E-state index >= 15 is 0 Å². The van der Waals surface area contributed by atoms with Crippen LogP contribution in [-0.2, 0) is 9.53 Å². The summed E-state index contributed by atoms with van der Waals surface area (Å²) in [6.45, 7) is 6.40. The van der Waals surface area contributed by atoms with Crippen molar-refractivity contribution in [3.05, 3.63) is 0 Å². The van der Waals surface area contributed by atoms with Crippen LogP contribution >= 0.6 is 0 Å². The van der Waals surface area contributed by atoms with Gasteiger partial charge in [0.25, 0.3) is 0 Å². The molecule has 5 heteroatoms. The predicted octanol–water partition coefficient (Wildman–Crippen LogP) is -0.277. The molecular weight excluding hydrogens is 194 g/mol. The second-order valence-electron chi connectivity index (χ2n) is 4.74. The lowest BCUT2D eigenvalue weighted by molar-refractivity contribution is -0.130. The molecule has 0 aromatic rings. The standard InChI is InChI=1S/C10H21N3O2/c1-10(2,9(14)12-11)7-13-5-4-8(6-13)15-3/h8H,4-7,11H2,1-3H3,(H,12,14). The molecule has 0 bridgehead atoms. The van der Waals surface area contributed by atoms with Gasteiger partial charge in [-0.15, -0.1) is 0 Å². The first-order chi connectivity index (χ1) is 6.99. The Kier molecular flexibility index (Phi) is 4.07. The minimum Gasteiger partial charge on any atom is -0.380 e. The van der Waals surface area contributed by atoms with Gasteiger partial charge in [0.2, 0.25) is 5.91 Å². The van der Waals surface area contributed by atoms with Crippen molar-refractivity contribution in [2.75, 3.05) is 26.7 Å². The molecule has 1 aliphatic heterocycles. The summed E-state index contributed by atoms with van der Waals surface area (Å²) in [5.41, 5.74) is 1.76. The molecule has 1 saturated heterocycles. The molecule has 5 nitrogen and oxygen atoms in total. The molecule has 1 fully saturated rings. The zero-order valence-electron chi connectivity index (χ0n) is 9.75. The Bertz CT molecular complexity index is 231. The van der Waals surface area contributed by atoms with Gasteiger partial charge in [-0.05, 0) is 20.3 Å². The Morgan fingerprint density at radius 2 is 2.33 bits per heavy atom. The third kappa shape index (κ3) is 3.15. The number of nitrogens with one attached hydrogen (secondary N) is 1. The van der Waals surface area contributed by atoms with Gasteiger partial charge >= 0.3 is 0 Å². The quantitative estimate of drug-likeness (QED) is 0.384. The second kappa shape index (κ2) is 4.92. The fourth-order valence-corrected chi connectivity index (χ4v) is 1.96. The summed E-state index contributed by atoms with van der Waals surface area (Å²) in [5, 5.41) is 0. The minimum absolute atomic E-state index is 0.122. The number of rotatable bonds is 4. The molecule has 88 valence electrons. The zero-order chi connectivity index (χ0) is 11.5. The fourth-order valence-electron chi connectivity index (χ4n) is 1.96. The number of nitrogens with zero attached hydrogens (tertiary/aromatic N) is 1. The molecule has 1 amide bonds. The average molecular weight is 215 g/mol. The third-order valence-corrected chi connectivity index (χ3v) is 2.93. The van der Waals surface area contributed by atoms with Crippen molar-refractivity contribution in [3.63, 3.8) is 0 Å². The van der Waals surface area contributed by atoms with Crippen molar-refractivity contribution >= 4 is 5.91 Å². The Balaban J connectivity index is 2.45. The summed E-state index contributed by atoms with van der Waals surface area (Å²) in [6, 6.07) is 0. The molecule has 15 heavy (non-hydrogen) atoms. The Morgan fingerprint density at radius 3 is 2.80 bits per heavy atom. The van der Waals surface area contributed by atoms with Crippen molar-refractivity contribution in [3.8, 4) is 0 Å². The van der Waals surface area contributed by atoms with Crippen LogP contribution < -0.4 is 11.3 Å². The van der Waals surface area contributed by atoms with Crippen LogP contribution in [0.5, 0.6) is 0 Å². The highest BCUT2D eigenvalue weighted by Gasteiger charge is 2.32. The van der Waals surface area contributed by atoms with Crippen molar-refractivity contribution in [1.82, 2.24) is 10.3 Å². The number of hydrazine groups is 1. The molecule has 1 rings (SSSR count). The largest absolute Gasteiger partial charge is 0.380 e. The molecule has 0 aromatic heterocycles. The lowest BCUT2D eigenvalue weighted by Gasteiger charge is -2.28. The van der Waals surface area contributed by atoms with Crippen LogP contribution in [0.2, 0.25) is 0 Å². The van der Waals surface area contributed by atoms with Gasteiger partial charge in [0.15, 0.2) is 0 Å². The van der Waals surface area contributed by atoms with Crippen molar-refractivity contribution in [2.45, 2.75) is 26.4 Å². The molecular formula is C10H21N3O2. The third-order valence-electron chi connectivity index (χ3n) is 2.93. The van der Waals surface area contributed by atoms with Gasteiger partial charge in [0, 0.05) is 26.7 Å². The normalized spacial score (nSPS) is 23.1. The molecule has 0 saturated carbocycles. The van der Waals surface area contributed by atoms with Crippen LogP contribution in [0.1, 0.15) is 20.3 Å². The van der Waals surface area contributed by atoms with Crippen molar-refractivity contribution in [2.24, 2.45) is 11.3 Å². The van der Waals surface area contributed by atoms with Crippen LogP contribution in [0.4, 0.5) is 0 Å². The smallest absolute Gasteiger partial charge is 0.240 e. The molecule has 1 atom stereocenters. The van der Waals surface area contributed by atoms with E-state index in [1.165, 1.54) is 0 Å². The SMILES string of the molecule is COC1CCN(CC(C)(C)C(=O)NN)C1. The summed E-state index contributed by atoms with van der Waals surface area (Å²) in [6.07, 6.45) is 1.35. The number of carbonyl (C=O) groups excluding carboxylic acids is 1. The number of likely N-dealkylation sites (tertiary alicyclic amines) is 1. The van der Waals surface area contributed by atoms with Crippen LogP contribution in [0.3, 0.4) is 0 Å². The summed E-state index contributed by atoms with van der Waals surface area (Å²) >= 11 is 0. The van der Waals surface area contributed by atoms with E-state index in [1.54, 1.807) is 7.11 Å². The van der Waals surface area contributed by atoms with Crippen molar-refractivity contribution in [1.29, 1.82) is 0 Å². The number of amides is 1. The minimum atomic E-state index is -0.447. The topological polar surface area (TPSA) is 67.6 Å². The molecule has 1 aliphatic rings. The summed E-state index contributed by atoms with van der Waals surface area (Å²) < 4.78 is 5.28. The highest BCUT2D eigenvalue weighted by molar-refractivity contribution is 5.81. The molecule has 3 N–H and O–H groups in total. The van der Waals surface area contributed by atoms with Gasteiger partial charge in [-0.1, -0.05) is 0 Å². The van der Waals surface area contributed by atoms with E-state index in [2.05, 4.69) is 10.3 Å². The van der Waals surface area contributed by atoms with Crippen LogP contribution in [0.25, 0.3) is 0 Å². The monoisotopic (exact) mass is 215 g/mol. The summed E-state index contributed by atoms with van der Waals surface area (Å²) in [5.74, 6) is 5.02. The van der Waals surface area contributed by atoms with Gasteiger partial charge in [-0.3, -0.25) is 15.1 Å². The van der Waals surface area contributed by atoms with E-state index < -0.39 is 5.41 Å². The first-order valence-corrected chi connectivity index (χ1v) is 5.26. The Hall–Kier alpha value is -0.650. The first kappa shape index (κ1) is 12.4. The lowest BCUT2D eigenvalue weighted by Crippen LogP contribution is -2.47. The van der Waals surface area contributed by atoms with Gasteiger partial charge in [0.1, 0.15) is 0 Å². The van der Waals surface area contributed by atoms with E-state index in [4.69, 9.17) is 10.6 Å². The summed E-state index contributed by atoms with van der Waals surface area (Å²) in [7, 11) is 1.73. The van der Waals surface area contributed by atoms with Gasteiger partial charge in [-0.25, -0.2) is 5.84 Å². The highest BCUT2D eigenvalue weighted by Crippen LogP contribution is 2.21. The maximum absolute atomic E-state index is 11.5. The van der Waals surface area contributed by atoms with Gasteiger partial charge in [-0.2, -0.15) is 0 Å². The predicted molar refractivity (Wildman–Crippen MR) is 58.0 cm³/mol. The maximum Gasteiger partial charge on any atom is 0.240 e. The number of ether oxygens (including phenoxy) is 1. The van der Waals surface area contributed by atoms with Crippen LogP contribution in [-0.4, -0.2) is 43.7 Å². The van der Waals surface area contributed by atoms with Crippen LogP contribution in [0.15, 0.2) is 0 Å². The number of methoxy groups -OCH3 is 1. The Morgan fingerprint density at radius 1 is 1.67 bits per heavy atom. The first-order valence-electron chi connectivity index (χ1n) is 5.26.